The third kappa shape index (κ3) is 2.56. The zero-order chi connectivity index (χ0) is 15.7. The topological polar surface area (TPSA) is 73.4 Å². The Morgan fingerprint density at radius 1 is 1.33 bits per heavy atom. The molecule has 0 aliphatic rings. The Bertz CT molecular complexity index is 689. The zero-order valence-corrected chi connectivity index (χ0v) is 13.0. The molecule has 0 spiro atoms. The van der Waals surface area contributed by atoms with Crippen molar-refractivity contribution in [2.45, 2.75) is 13.8 Å². The average Bonchev–Trinajstić information content (AvgIpc) is 2.74. The van der Waals surface area contributed by atoms with Gasteiger partial charge in [-0.1, -0.05) is 6.07 Å². The Balaban J connectivity index is 2.60. The molecule has 0 amide bonds. The number of ether oxygens (including phenoxy) is 1. The summed E-state index contributed by atoms with van der Waals surface area (Å²) in [4.78, 5) is 17.9. The van der Waals surface area contributed by atoms with Crippen molar-refractivity contribution in [3.8, 4) is 5.69 Å². The lowest BCUT2D eigenvalue weighted by Gasteiger charge is -2.18. The SMILES string of the molecule is COC(=O)c1nc(C)n(-c2ccc(C)c(N(C)C)c2)c1N. The number of benzene rings is 1. The minimum atomic E-state index is -0.533. The fraction of sp³-hybridized carbons (Fsp3) is 0.333. The number of nitrogen functional groups attached to an aromatic ring is 1. The molecular formula is C15H20N4O2. The molecule has 0 aliphatic carbocycles. The molecule has 0 saturated heterocycles. The quantitative estimate of drug-likeness (QED) is 0.874. The number of carbonyl (C=O) groups is 1. The van der Waals surface area contributed by atoms with E-state index in [0.29, 0.717) is 5.82 Å². The second-order valence-electron chi connectivity index (χ2n) is 5.09. The first kappa shape index (κ1) is 14.9. The lowest BCUT2D eigenvalue weighted by molar-refractivity contribution is 0.0596. The fourth-order valence-corrected chi connectivity index (χ4v) is 2.34. The minimum absolute atomic E-state index is 0.141. The van der Waals surface area contributed by atoms with Crippen LogP contribution in [0.4, 0.5) is 11.5 Å². The monoisotopic (exact) mass is 288 g/mol. The van der Waals surface area contributed by atoms with E-state index in [1.807, 2.05) is 44.1 Å². The maximum Gasteiger partial charge on any atom is 0.360 e. The highest BCUT2D eigenvalue weighted by Gasteiger charge is 2.20. The number of anilines is 2. The van der Waals surface area contributed by atoms with E-state index in [1.54, 1.807) is 11.5 Å². The normalized spacial score (nSPS) is 10.5. The van der Waals surface area contributed by atoms with Crippen LogP contribution >= 0.6 is 0 Å². The van der Waals surface area contributed by atoms with Gasteiger partial charge in [-0.15, -0.1) is 0 Å². The molecule has 1 aromatic carbocycles. The Morgan fingerprint density at radius 3 is 2.57 bits per heavy atom. The number of rotatable bonds is 3. The van der Waals surface area contributed by atoms with Gasteiger partial charge in [-0.05, 0) is 31.5 Å². The first-order chi connectivity index (χ1) is 9.86. The van der Waals surface area contributed by atoms with Crippen LogP contribution in [0.15, 0.2) is 18.2 Å². The van der Waals surface area contributed by atoms with Gasteiger partial charge in [0, 0.05) is 19.8 Å². The summed E-state index contributed by atoms with van der Waals surface area (Å²) in [5.74, 6) is 0.392. The lowest BCUT2D eigenvalue weighted by Crippen LogP contribution is -2.12. The van der Waals surface area contributed by atoms with E-state index < -0.39 is 5.97 Å². The molecule has 0 unspecified atom stereocenters. The predicted molar refractivity (Wildman–Crippen MR) is 83.1 cm³/mol. The smallest absolute Gasteiger partial charge is 0.360 e. The molecule has 0 fully saturated rings. The average molecular weight is 288 g/mol. The van der Waals surface area contributed by atoms with Crippen molar-refractivity contribution < 1.29 is 9.53 Å². The molecule has 2 rings (SSSR count). The molecule has 6 nitrogen and oxygen atoms in total. The van der Waals surface area contributed by atoms with Gasteiger partial charge in [-0.3, -0.25) is 4.57 Å². The van der Waals surface area contributed by atoms with Gasteiger partial charge in [0.05, 0.1) is 12.8 Å². The van der Waals surface area contributed by atoms with E-state index in [0.717, 1.165) is 16.9 Å². The van der Waals surface area contributed by atoms with E-state index in [9.17, 15) is 4.79 Å². The molecule has 0 radical (unpaired) electrons. The predicted octanol–water partition coefficient (Wildman–Crippen LogP) is 1.92. The Labute approximate surface area is 124 Å². The zero-order valence-electron chi connectivity index (χ0n) is 13.0. The van der Waals surface area contributed by atoms with Crippen LogP contribution < -0.4 is 10.6 Å². The molecule has 2 aromatic rings. The molecule has 21 heavy (non-hydrogen) atoms. The van der Waals surface area contributed by atoms with Gasteiger partial charge < -0.3 is 15.4 Å². The van der Waals surface area contributed by atoms with Crippen molar-refractivity contribution in [2.24, 2.45) is 0 Å². The second-order valence-corrected chi connectivity index (χ2v) is 5.09. The summed E-state index contributed by atoms with van der Waals surface area (Å²) in [5.41, 5.74) is 9.31. The van der Waals surface area contributed by atoms with Crippen LogP contribution in [0.5, 0.6) is 0 Å². The molecule has 1 heterocycles. The highest BCUT2D eigenvalue weighted by Crippen LogP contribution is 2.26. The first-order valence-corrected chi connectivity index (χ1v) is 6.58. The number of hydrogen-bond donors (Lipinski definition) is 1. The Kier molecular flexibility index (Phi) is 3.88. The van der Waals surface area contributed by atoms with Gasteiger partial charge in [-0.2, -0.15) is 0 Å². The molecular weight excluding hydrogens is 268 g/mol. The molecule has 0 bridgehead atoms. The number of aromatic nitrogens is 2. The summed E-state index contributed by atoms with van der Waals surface area (Å²) in [6.07, 6.45) is 0. The Morgan fingerprint density at radius 2 is 2.00 bits per heavy atom. The number of hydrogen-bond acceptors (Lipinski definition) is 5. The standard InChI is InChI=1S/C15H20N4O2/c1-9-6-7-11(8-12(9)18(3)4)19-10(2)17-13(14(19)16)15(20)21-5/h6-8H,16H2,1-5H3. The summed E-state index contributed by atoms with van der Waals surface area (Å²) in [6, 6.07) is 5.98. The van der Waals surface area contributed by atoms with Crippen molar-refractivity contribution in [3.63, 3.8) is 0 Å². The van der Waals surface area contributed by atoms with Gasteiger partial charge in [0.2, 0.25) is 0 Å². The molecule has 0 aliphatic heterocycles. The van der Waals surface area contributed by atoms with E-state index in [2.05, 4.69) is 4.98 Å². The van der Waals surface area contributed by atoms with Crippen LogP contribution in [0.1, 0.15) is 21.9 Å². The first-order valence-electron chi connectivity index (χ1n) is 6.58. The maximum atomic E-state index is 11.7. The fourth-order valence-electron chi connectivity index (χ4n) is 2.34. The Hall–Kier alpha value is -2.50. The van der Waals surface area contributed by atoms with Crippen LogP contribution in [0.3, 0.4) is 0 Å². The van der Waals surface area contributed by atoms with Gasteiger partial charge >= 0.3 is 5.97 Å². The summed E-state index contributed by atoms with van der Waals surface area (Å²) >= 11 is 0. The molecule has 6 heteroatoms. The second kappa shape index (κ2) is 5.47. The van der Waals surface area contributed by atoms with Gasteiger partial charge in [-0.25, -0.2) is 9.78 Å². The molecule has 112 valence electrons. The van der Waals surface area contributed by atoms with E-state index in [1.165, 1.54) is 7.11 Å². The van der Waals surface area contributed by atoms with E-state index in [4.69, 9.17) is 10.5 Å². The van der Waals surface area contributed by atoms with Gasteiger partial charge in [0.15, 0.2) is 5.69 Å². The minimum Gasteiger partial charge on any atom is -0.464 e. The number of esters is 1. The van der Waals surface area contributed by atoms with Crippen LogP contribution in [-0.2, 0) is 4.74 Å². The maximum absolute atomic E-state index is 11.7. The van der Waals surface area contributed by atoms with E-state index >= 15 is 0 Å². The highest BCUT2D eigenvalue weighted by atomic mass is 16.5. The number of aryl methyl sites for hydroxylation is 2. The van der Waals surface area contributed by atoms with Crippen molar-refractivity contribution in [2.75, 3.05) is 31.8 Å². The molecule has 0 atom stereocenters. The number of methoxy groups -OCH3 is 1. The van der Waals surface area contributed by atoms with Crippen LogP contribution in [0.25, 0.3) is 5.69 Å². The molecule has 1 aromatic heterocycles. The van der Waals surface area contributed by atoms with Crippen molar-refractivity contribution in [1.29, 1.82) is 0 Å². The number of nitrogens with two attached hydrogens (primary N) is 1. The highest BCUT2D eigenvalue weighted by molar-refractivity contribution is 5.92. The van der Waals surface area contributed by atoms with Crippen LogP contribution in [0.2, 0.25) is 0 Å². The lowest BCUT2D eigenvalue weighted by atomic mass is 10.1. The van der Waals surface area contributed by atoms with Crippen molar-refractivity contribution in [1.82, 2.24) is 9.55 Å². The molecule has 2 N–H and O–H groups in total. The summed E-state index contributed by atoms with van der Waals surface area (Å²) in [5, 5.41) is 0. The number of nitrogens with zero attached hydrogens (tertiary/aromatic N) is 3. The summed E-state index contributed by atoms with van der Waals surface area (Å²) in [6.45, 7) is 3.85. The molecule has 0 saturated carbocycles. The van der Waals surface area contributed by atoms with Crippen LogP contribution in [0, 0.1) is 13.8 Å². The number of carbonyl (C=O) groups excluding carboxylic acids is 1. The van der Waals surface area contributed by atoms with Crippen LogP contribution in [-0.4, -0.2) is 36.7 Å². The van der Waals surface area contributed by atoms with Crippen molar-refractivity contribution >= 4 is 17.5 Å². The van der Waals surface area contributed by atoms with Gasteiger partial charge in [0.25, 0.3) is 0 Å². The summed E-state index contributed by atoms with van der Waals surface area (Å²) < 4.78 is 6.45. The third-order valence-electron chi connectivity index (χ3n) is 3.39. The largest absolute Gasteiger partial charge is 0.464 e. The number of imidazole rings is 1. The third-order valence-corrected chi connectivity index (χ3v) is 3.39. The summed E-state index contributed by atoms with van der Waals surface area (Å²) in [7, 11) is 5.28. The van der Waals surface area contributed by atoms with Gasteiger partial charge in [0.1, 0.15) is 11.6 Å². The van der Waals surface area contributed by atoms with Crippen molar-refractivity contribution in [3.05, 3.63) is 35.3 Å². The van der Waals surface area contributed by atoms with E-state index in [-0.39, 0.29) is 11.5 Å².